The fourth-order valence-corrected chi connectivity index (χ4v) is 1.87. The highest BCUT2D eigenvalue weighted by Gasteiger charge is 2.37. The van der Waals surface area contributed by atoms with Crippen LogP contribution in [0.1, 0.15) is 61.3 Å². The van der Waals surface area contributed by atoms with E-state index in [0.29, 0.717) is 0 Å². The standard InChI is InChI=1S/C13H26O2/c1-8-13(7,9-12(4,5)6)11(14)15-10(2)3/h10H,8-9H2,1-7H3. The molecule has 1 atom stereocenters. The van der Waals surface area contributed by atoms with Crippen molar-refractivity contribution in [2.45, 2.75) is 67.4 Å². The lowest BCUT2D eigenvalue weighted by Crippen LogP contribution is -2.34. The number of esters is 1. The Bertz CT molecular complexity index is 213. The Balaban J connectivity index is 4.62. The lowest BCUT2D eigenvalue weighted by atomic mass is 9.73. The maximum Gasteiger partial charge on any atom is 0.312 e. The molecule has 0 N–H and O–H groups in total. The van der Waals surface area contributed by atoms with Crippen molar-refractivity contribution in [1.82, 2.24) is 0 Å². The van der Waals surface area contributed by atoms with Crippen molar-refractivity contribution in [2.24, 2.45) is 10.8 Å². The second-order valence-electron chi connectivity index (χ2n) is 6.11. The summed E-state index contributed by atoms with van der Waals surface area (Å²) in [5, 5.41) is 0. The quantitative estimate of drug-likeness (QED) is 0.665. The smallest absolute Gasteiger partial charge is 0.312 e. The van der Waals surface area contributed by atoms with E-state index in [1.165, 1.54) is 0 Å². The Hall–Kier alpha value is -0.530. The molecule has 0 aliphatic rings. The van der Waals surface area contributed by atoms with Crippen LogP contribution in [0.2, 0.25) is 0 Å². The Labute approximate surface area is 94.4 Å². The highest BCUT2D eigenvalue weighted by Crippen LogP contribution is 2.37. The molecule has 0 spiro atoms. The summed E-state index contributed by atoms with van der Waals surface area (Å²) in [7, 11) is 0. The summed E-state index contributed by atoms with van der Waals surface area (Å²) in [6.07, 6.45) is 1.67. The number of ether oxygens (including phenoxy) is 1. The van der Waals surface area contributed by atoms with Gasteiger partial charge in [0.25, 0.3) is 0 Å². The molecule has 90 valence electrons. The van der Waals surface area contributed by atoms with E-state index in [9.17, 15) is 4.79 Å². The van der Waals surface area contributed by atoms with Gasteiger partial charge in [-0.1, -0.05) is 27.7 Å². The van der Waals surface area contributed by atoms with Crippen LogP contribution in [-0.4, -0.2) is 12.1 Å². The van der Waals surface area contributed by atoms with Crippen LogP contribution in [0, 0.1) is 10.8 Å². The minimum Gasteiger partial charge on any atom is -0.463 e. The van der Waals surface area contributed by atoms with E-state index in [4.69, 9.17) is 4.74 Å². The number of hydrogen-bond donors (Lipinski definition) is 0. The van der Waals surface area contributed by atoms with Crippen LogP contribution in [0.5, 0.6) is 0 Å². The Morgan fingerprint density at radius 2 is 1.67 bits per heavy atom. The molecule has 0 aliphatic carbocycles. The molecule has 15 heavy (non-hydrogen) atoms. The topological polar surface area (TPSA) is 26.3 Å². The third-order valence-corrected chi connectivity index (χ3v) is 2.54. The molecule has 0 rings (SSSR count). The van der Waals surface area contributed by atoms with Gasteiger partial charge in [0.15, 0.2) is 0 Å². The molecule has 0 aliphatic heterocycles. The van der Waals surface area contributed by atoms with Crippen LogP contribution < -0.4 is 0 Å². The predicted molar refractivity (Wildman–Crippen MR) is 63.7 cm³/mol. The molecule has 0 heterocycles. The Kier molecular flexibility index (Phi) is 4.82. The molecule has 0 saturated heterocycles. The lowest BCUT2D eigenvalue weighted by Gasteiger charge is -2.33. The second-order valence-corrected chi connectivity index (χ2v) is 6.11. The fourth-order valence-electron chi connectivity index (χ4n) is 1.87. The van der Waals surface area contributed by atoms with Gasteiger partial charge in [-0.3, -0.25) is 4.79 Å². The molecule has 1 unspecified atom stereocenters. The van der Waals surface area contributed by atoms with Crippen LogP contribution >= 0.6 is 0 Å². The number of carbonyl (C=O) groups is 1. The zero-order valence-corrected chi connectivity index (χ0v) is 11.3. The third-order valence-electron chi connectivity index (χ3n) is 2.54. The van der Waals surface area contributed by atoms with Crippen molar-refractivity contribution in [2.75, 3.05) is 0 Å². The average molecular weight is 214 g/mol. The number of carbonyl (C=O) groups excluding carboxylic acids is 1. The van der Waals surface area contributed by atoms with Gasteiger partial charge < -0.3 is 4.74 Å². The van der Waals surface area contributed by atoms with Crippen molar-refractivity contribution >= 4 is 5.97 Å². The van der Waals surface area contributed by atoms with Gasteiger partial charge in [0.05, 0.1) is 11.5 Å². The lowest BCUT2D eigenvalue weighted by molar-refractivity contribution is -0.161. The van der Waals surface area contributed by atoms with Crippen molar-refractivity contribution in [3.63, 3.8) is 0 Å². The first kappa shape index (κ1) is 14.5. The molecule has 2 nitrogen and oxygen atoms in total. The van der Waals surface area contributed by atoms with Crippen LogP contribution in [-0.2, 0) is 9.53 Å². The summed E-state index contributed by atoms with van der Waals surface area (Å²) < 4.78 is 5.31. The zero-order valence-electron chi connectivity index (χ0n) is 11.3. The summed E-state index contributed by atoms with van der Waals surface area (Å²) >= 11 is 0. The monoisotopic (exact) mass is 214 g/mol. The SMILES string of the molecule is CCC(C)(CC(C)(C)C)C(=O)OC(C)C. The van der Waals surface area contributed by atoms with E-state index >= 15 is 0 Å². The van der Waals surface area contributed by atoms with Crippen LogP contribution in [0.4, 0.5) is 0 Å². The molecule has 2 heteroatoms. The molecular formula is C13H26O2. The summed E-state index contributed by atoms with van der Waals surface area (Å²) in [5.41, 5.74) is -0.191. The summed E-state index contributed by atoms with van der Waals surface area (Å²) in [6, 6.07) is 0. The molecular weight excluding hydrogens is 188 g/mol. The number of rotatable bonds is 4. The summed E-state index contributed by atoms with van der Waals surface area (Å²) in [4.78, 5) is 12.0. The van der Waals surface area contributed by atoms with Gasteiger partial charge in [-0.15, -0.1) is 0 Å². The second kappa shape index (κ2) is 5.00. The molecule has 0 saturated carbocycles. The molecule has 0 amide bonds. The van der Waals surface area contributed by atoms with Gasteiger partial charge in [-0.2, -0.15) is 0 Å². The van der Waals surface area contributed by atoms with Gasteiger partial charge in [0.2, 0.25) is 0 Å². The maximum absolute atomic E-state index is 12.0. The predicted octanol–water partition coefficient (Wildman–Crippen LogP) is 3.79. The molecule has 0 aromatic rings. The first-order chi connectivity index (χ1) is 6.60. The molecule has 0 fully saturated rings. The van der Waals surface area contributed by atoms with Gasteiger partial charge >= 0.3 is 5.97 Å². The van der Waals surface area contributed by atoms with Gasteiger partial charge in [-0.25, -0.2) is 0 Å². The van der Waals surface area contributed by atoms with Crippen LogP contribution in [0.25, 0.3) is 0 Å². The van der Waals surface area contributed by atoms with E-state index in [1.807, 2.05) is 27.7 Å². The van der Waals surface area contributed by atoms with E-state index in [-0.39, 0.29) is 22.9 Å². The average Bonchev–Trinajstić information content (AvgIpc) is 1.99. The normalized spacial score (nSPS) is 16.3. The highest BCUT2D eigenvalue weighted by atomic mass is 16.5. The molecule has 0 bridgehead atoms. The van der Waals surface area contributed by atoms with Crippen LogP contribution in [0.15, 0.2) is 0 Å². The molecule has 0 aromatic heterocycles. The maximum atomic E-state index is 12.0. The fraction of sp³-hybridized carbons (Fsp3) is 0.923. The first-order valence-corrected chi connectivity index (χ1v) is 5.82. The first-order valence-electron chi connectivity index (χ1n) is 5.82. The van der Waals surface area contributed by atoms with Gasteiger partial charge in [0, 0.05) is 0 Å². The summed E-state index contributed by atoms with van der Waals surface area (Å²) in [6.45, 7) is 14.3. The third kappa shape index (κ3) is 5.19. The van der Waals surface area contributed by atoms with Crippen molar-refractivity contribution in [1.29, 1.82) is 0 Å². The molecule has 0 radical (unpaired) electrons. The Morgan fingerprint density at radius 3 is 1.93 bits per heavy atom. The number of hydrogen-bond acceptors (Lipinski definition) is 2. The van der Waals surface area contributed by atoms with Gasteiger partial charge in [0.1, 0.15) is 0 Å². The van der Waals surface area contributed by atoms with Crippen molar-refractivity contribution in [3.8, 4) is 0 Å². The Morgan fingerprint density at radius 1 is 1.20 bits per heavy atom. The van der Waals surface area contributed by atoms with Gasteiger partial charge in [-0.05, 0) is 39.0 Å². The van der Waals surface area contributed by atoms with Crippen molar-refractivity contribution in [3.05, 3.63) is 0 Å². The summed E-state index contributed by atoms with van der Waals surface area (Å²) in [5.74, 6) is -0.0603. The van der Waals surface area contributed by atoms with E-state index < -0.39 is 0 Å². The van der Waals surface area contributed by atoms with E-state index in [1.54, 1.807) is 0 Å². The zero-order chi connectivity index (χ0) is 12.3. The highest BCUT2D eigenvalue weighted by molar-refractivity contribution is 5.76. The minimum absolute atomic E-state index is 0.0247. The van der Waals surface area contributed by atoms with E-state index in [2.05, 4.69) is 20.8 Å². The van der Waals surface area contributed by atoms with Crippen molar-refractivity contribution < 1.29 is 9.53 Å². The largest absolute Gasteiger partial charge is 0.463 e. The minimum atomic E-state index is -0.345. The van der Waals surface area contributed by atoms with E-state index in [0.717, 1.165) is 12.8 Å². The van der Waals surface area contributed by atoms with Crippen LogP contribution in [0.3, 0.4) is 0 Å². The molecule has 0 aromatic carbocycles.